The highest BCUT2D eigenvalue weighted by Crippen LogP contribution is 2.12. The van der Waals surface area contributed by atoms with Gasteiger partial charge in [-0.3, -0.25) is 9.59 Å². The highest BCUT2D eigenvalue weighted by Gasteiger charge is 2.09. The fourth-order valence-electron chi connectivity index (χ4n) is 2.70. The summed E-state index contributed by atoms with van der Waals surface area (Å²) in [6, 6.07) is 18.6. The van der Waals surface area contributed by atoms with E-state index >= 15 is 0 Å². The maximum atomic E-state index is 12.3. The topological polar surface area (TPSA) is 71.3 Å². The molecule has 1 heterocycles. The third-order valence-electron chi connectivity index (χ3n) is 4.18. The molecule has 0 bridgehead atoms. The summed E-state index contributed by atoms with van der Waals surface area (Å²) in [5.41, 5.74) is 2.81. The first-order chi connectivity index (χ1) is 12.7. The second-order valence-electron chi connectivity index (χ2n) is 6.07. The third kappa shape index (κ3) is 4.26. The van der Waals surface area contributed by atoms with Gasteiger partial charge in [-0.15, -0.1) is 0 Å². The lowest BCUT2D eigenvalue weighted by Crippen LogP contribution is -2.22. The molecule has 3 aromatic rings. The Morgan fingerprint density at radius 3 is 2.35 bits per heavy atom. The van der Waals surface area contributed by atoms with Gasteiger partial charge in [-0.1, -0.05) is 54.6 Å². The number of benzene rings is 2. The minimum Gasteiger partial charge on any atom is -0.503 e. The number of carbonyl (C=O) groups excluding carboxylic acids is 1. The first kappa shape index (κ1) is 17.6. The fraction of sp³-hybridized carbons (Fsp3) is 0.143. The van der Waals surface area contributed by atoms with Crippen molar-refractivity contribution in [3.8, 4) is 5.75 Å². The standard InChI is InChI=1S/C21H20N2O3/c24-15-18-8-6-16(7-9-18)12-22-13-19-10-11-23(21(26)20(19)25)14-17-4-2-1-3-5-17/h1-11,15,22,25H,12-14H2. The zero-order valence-corrected chi connectivity index (χ0v) is 14.3. The minimum absolute atomic E-state index is 0.229. The molecule has 5 nitrogen and oxygen atoms in total. The summed E-state index contributed by atoms with van der Waals surface area (Å²) >= 11 is 0. The highest BCUT2D eigenvalue weighted by atomic mass is 16.3. The monoisotopic (exact) mass is 348 g/mol. The lowest BCUT2D eigenvalue weighted by Gasteiger charge is -2.11. The van der Waals surface area contributed by atoms with Gasteiger partial charge in [0.05, 0.1) is 6.54 Å². The van der Waals surface area contributed by atoms with Crippen LogP contribution in [-0.2, 0) is 19.6 Å². The Balaban J connectivity index is 1.64. The Morgan fingerprint density at radius 1 is 0.923 bits per heavy atom. The maximum Gasteiger partial charge on any atom is 0.293 e. The lowest BCUT2D eigenvalue weighted by atomic mass is 10.1. The van der Waals surface area contributed by atoms with Crippen LogP contribution < -0.4 is 10.9 Å². The number of hydrogen-bond acceptors (Lipinski definition) is 4. The SMILES string of the molecule is O=Cc1ccc(CNCc2ccn(Cc3ccccc3)c(=O)c2O)cc1. The van der Waals surface area contributed by atoms with Crippen LogP contribution in [0.4, 0.5) is 0 Å². The summed E-state index contributed by atoms with van der Waals surface area (Å²) in [5, 5.41) is 13.4. The number of pyridine rings is 1. The smallest absolute Gasteiger partial charge is 0.293 e. The molecule has 0 unspecified atom stereocenters. The second kappa shape index (κ2) is 8.27. The summed E-state index contributed by atoms with van der Waals surface area (Å²) < 4.78 is 1.49. The van der Waals surface area contributed by atoms with E-state index in [2.05, 4.69) is 5.32 Å². The van der Waals surface area contributed by atoms with Crippen LogP contribution in [0.25, 0.3) is 0 Å². The van der Waals surface area contributed by atoms with Crippen molar-refractivity contribution in [3.63, 3.8) is 0 Å². The van der Waals surface area contributed by atoms with E-state index in [1.54, 1.807) is 24.4 Å². The number of aldehydes is 1. The van der Waals surface area contributed by atoms with Crippen molar-refractivity contribution in [2.75, 3.05) is 0 Å². The summed E-state index contributed by atoms with van der Waals surface area (Å²) in [6.45, 7) is 1.37. The molecule has 0 amide bonds. The van der Waals surface area contributed by atoms with E-state index in [-0.39, 0.29) is 5.75 Å². The van der Waals surface area contributed by atoms with E-state index in [1.807, 2.05) is 42.5 Å². The summed E-state index contributed by atoms with van der Waals surface area (Å²) in [7, 11) is 0. The number of nitrogens with one attached hydrogen (secondary N) is 1. The Hall–Kier alpha value is -3.18. The van der Waals surface area contributed by atoms with Gasteiger partial charge in [0.15, 0.2) is 5.75 Å². The zero-order valence-electron chi connectivity index (χ0n) is 14.3. The first-order valence-electron chi connectivity index (χ1n) is 8.37. The van der Waals surface area contributed by atoms with Crippen molar-refractivity contribution in [3.05, 3.63) is 99.5 Å². The average Bonchev–Trinajstić information content (AvgIpc) is 2.68. The average molecular weight is 348 g/mol. The van der Waals surface area contributed by atoms with Crippen molar-refractivity contribution < 1.29 is 9.90 Å². The number of carbonyl (C=O) groups is 1. The highest BCUT2D eigenvalue weighted by molar-refractivity contribution is 5.74. The predicted molar refractivity (Wildman–Crippen MR) is 100 cm³/mol. The van der Waals surface area contributed by atoms with Crippen molar-refractivity contribution in [1.29, 1.82) is 0 Å². The van der Waals surface area contributed by atoms with E-state index in [9.17, 15) is 14.7 Å². The number of aromatic nitrogens is 1. The van der Waals surface area contributed by atoms with Gasteiger partial charge in [-0.2, -0.15) is 0 Å². The molecule has 0 aliphatic rings. The van der Waals surface area contributed by atoms with Crippen molar-refractivity contribution in [2.24, 2.45) is 0 Å². The van der Waals surface area contributed by atoms with Crippen molar-refractivity contribution in [1.82, 2.24) is 9.88 Å². The van der Waals surface area contributed by atoms with E-state index < -0.39 is 5.56 Å². The molecule has 3 rings (SSSR count). The molecule has 0 aliphatic heterocycles. The molecule has 0 fully saturated rings. The number of aromatic hydroxyl groups is 1. The molecular weight excluding hydrogens is 328 g/mol. The van der Waals surface area contributed by atoms with E-state index in [4.69, 9.17) is 0 Å². The molecular formula is C21H20N2O3. The quantitative estimate of drug-likeness (QED) is 0.644. The second-order valence-corrected chi connectivity index (χ2v) is 6.07. The molecule has 1 aromatic heterocycles. The van der Waals surface area contributed by atoms with Crippen LogP contribution in [0, 0.1) is 0 Å². The molecule has 2 aromatic carbocycles. The van der Waals surface area contributed by atoms with E-state index in [0.29, 0.717) is 30.8 Å². The van der Waals surface area contributed by atoms with Gasteiger partial charge >= 0.3 is 0 Å². The molecule has 0 aliphatic carbocycles. The Kier molecular flexibility index (Phi) is 5.61. The molecule has 132 valence electrons. The van der Waals surface area contributed by atoms with Crippen LogP contribution in [0.2, 0.25) is 0 Å². The van der Waals surface area contributed by atoms with Gasteiger partial charge in [0, 0.05) is 30.4 Å². The van der Waals surface area contributed by atoms with Crippen LogP contribution in [0.3, 0.4) is 0 Å². The van der Waals surface area contributed by atoms with Gasteiger partial charge in [0.2, 0.25) is 0 Å². The third-order valence-corrected chi connectivity index (χ3v) is 4.18. The van der Waals surface area contributed by atoms with Gasteiger partial charge in [0.25, 0.3) is 5.56 Å². The van der Waals surface area contributed by atoms with Crippen LogP contribution in [0.1, 0.15) is 27.0 Å². The molecule has 0 spiro atoms. The van der Waals surface area contributed by atoms with Crippen LogP contribution in [0.5, 0.6) is 5.75 Å². The first-order valence-corrected chi connectivity index (χ1v) is 8.37. The summed E-state index contributed by atoms with van der Waals surface area (Å²) in [5.74, 6) is -0.229. The summed E-state index contributed by atoms with van der Waals surface area (Å²) in [6.07, 6.45) is 2.50. The van der Waals surface area contributed by atoms with Gasteiger partial charge in [0.1, 0.15) is 6.29 Å². The molecule has 5 heteroatoms. The number of nitrogens with zero attached hydrogens (tertiary/aromatic N) is 1. The van der Waals surface area contributed by atoms with E-state index in [0.717, 1.165) is 17.4 Å². The summed E-state index contributed by atoms with van der Waals surface area (Å²) in [4.78, 5) is 23.0. The zero-order chi connectivity index (χ0) is 18.4. The maximum absolute atomic E-state index is 12.3. The molecule has 0 saturated carbocycles. The van der Waals surface area contributed by atoms with Gasteiger partial charge < -0.3 is 15.0 Å². The molecule has 0 saturated heterocycles. The van der Waals surface area contributed by atoms with E-state index in [1.165, 1.54) is 4.57 Å². The molecule has 0 radical (unpaired) electrons. The van der Waals surface area contributed by atoms with Crippen LogP contribution in [0.15, 0.2) is 71.7 Å². The Morgan fingerprint density at radius 2 is 1.65 bits per heavy atom. The minimum atomic E-state index is -0.400. The van der Waals surface area contributed by atoms with Crippen LogP contribution >= 0.6 is 0 Å². The number of rotatable bonds is 7. The Labute approximate surface area is 151 Å². The predicted octanol–water partition coefficient (Wildman–Crippen LogP) is 2.70. The van der Waals surface area contributed by atoms with Crippen molar-refractivity contribution >= 4 is 6.29 Å². The molecule has 2 N–H and O–H groups in total. The van der Waals surface area contributed by atoms with Gasteiger partial charge in [-0.25, -0.2) is 0 Å². The Bertz CT molecular complexity index is 932. The largest absolute Gasteiger partial charge is 0.503 e. The van der Waals surface area contributed by atoms with Crippen LogP contribution in [-0.4, -0.2) is 16.0 Å². The number of hydrogen-bond donors (Lipinski definition) is 2. The lowest BCUT2D eigenvalue weighted by molar-refractivity contribution is 0.112. The molecule has 26 heavy (non-hydrogen) atoms. The normalized spacial score (nSPS) is 10.6. The van der Waals surface area contributed by atoms with Crippen molar-refractivity contribution in [2.45, 2.75) is 19.6 Å². The van der Waals surface area contributed by atoms with Gasteiger partial charge in [-0.05, 0) is 17.2 Å². The fourth-order valence-corrected chi connectivity index (χ4v) is 2.70. The molecule has 0 atom stereocenters.